The number of benzene rings is 1. The summed E-state index contributed by atoms with van der Waals surface area (Å²) >= 11 is 0. The molecular formula is C14H16N4O3S. The van der Waals surface area contributed by atoms with E-state index in [2.05, 4.69) is 9.12 Å². The van der Waals surface area contributed by atoms with Crippen molar-refractivity contribution < 1.29 is 13.2 Å². The van der Waals surface area contributed by atoms with Gasteiger partial charge in [0.15, 0.2) is 5.84 Å². The Labute approximate surface area is 128 Å². The molecule has 2 aromatic rings. The molecule has 1 aromatic carbocycles. The molecule has 0 bridgehead atoms. The molecule has 8 heteroatoms. The van der Waals surface area contributed by atoms with E-state index >= 15 is 0 Å². The highest BCUT2D eigenvalue weighted by Gasteiger charge is 2.24. The Morgan fingerprint density at radius 3 is 2.86 bits per heavy atom. The first-order chi connectivity index (χ1) is 10.4. The third-order valence-electron chi connectivity index (χ3n) is 3.36. The Kier molecular flexibility index (Phi) is 3.32. The second-order valence-corrected chi connectivity index (χ2v) is 6.48. The van der Waals surface area contributed by atoms with Gasteiger partial charge in [0.2, 0.25) is 0 Å². The predicted octanol–water partition coefficient (Wildman–Crippen LogP) is 1.29. The standard InChI is InChI=1S/C14H16N4O3S/c1-9-6-10(18(2)7-9)8-21-12-5-3-4-11-13(12)14(15)17-22(19,20)16-11/h3-7,16H,8H2,1-2H3,(H2,15,17). The van der Waals surface area contributed by atoms with Crippen LogP contribution in [0.1, 0.15) is 16.8 Å². The van der Waals surface area contributed by atoms with Crippen LogP contribution in [0.3, 0.4) is 0 Å². The van der Waals surface area contributed by atoms with Gasteiger partial charge in [-0.25, -0.2) is 0 Å². The van der Waals surface area contributed by atoms with Crippen molar-refractivity contribution in [2.45, 2.75) is 13.5 Å². The number of anilines is 1. The fourth-order valence-electron chi connectivity index (χ4n) is 2.42. The summed E-state index contributed by atoms with van der Waals surface area (Å²) in [4.78, 5) is 0. The van der Waals surface area contributed by atoms with Crippen molar-refractivity contribution in [3.05, 3.63) is 47.3 Å². The molecule has 22 heavy (non-hydrogen) atoms. The van der Waals surface area contributed by atoms with E-state index in [0.29, 0.717) is 23.6 Å². The van der Waals surface area contributed by atoms with Crippen molar-refractivity contribution in [3.63, 3.8) is 0 Å². The molecule has 0 saturated carbocycles. The van der Waals surface area contributed by atoms with Gasteiger partial charge in [0, 0.05) is 13.2 Å². The lowest BCUT2D eigenvalue weighted by molar-refractivity contribution is 0.297. The Morgan fingerprint density at radius 2 is 2.18 bits per heavy atom. The first kappa shape index (κ1) is 14.5. The second-order valence-electron chi connectivity index (χ2n) is 5.14. The lowest BCUT2D eigenvalue weighted by Crippen LogP contribution is -2.27. The van der Waals surface area contributed by atoms with Crippen molar-refractivity contribution in [1.29, 1.82) is 0 Å². The van der Waals surface area contributed by atoms with Crippen LogP contribution in [0.4, 0.5) is 5.69 Å². The van der Waals surface area contributed by atoms with Crippen molar-refractivity contribution >= 4 is 21.7 Å². The zero-order valence-corrected chi connectivity index (χ0v) is 13.0. The maximum atomic E-state index is 11.5. The zero-order valence-electron chi connectivity index (χ0n) is 12.2. The third kappa shape index (κ3) is 2.64. The summed E-state index contributed by atoms with van der Waals surface area (Å²) in [5, 5.41) is 0. The van der Waals surface area contributed by atoms with Crippen molar-refractivity contribution in [2.24, 2.45) is 17.2 Å². The molecule has 0 saturated heterocycles. The molecule has 2 heterocycles. The number of hydrogen-bond donors (Lipinski definition) is 2. The summed E-state index contributed by atoms with van der Waals surface area (Å²) in [5.74, 6) is 0.410. The molecule has 1 aromatic heterocycles. The van der Waals surface area contributed by atoms with E-state index in [1.165, 1.54) is 0 Å². The maximum absolute atomic E-state index is 11.5. The summed E-state index contributed by atoms with van der Waals surface area (Å²) < 4.78 is 36.7. The fraction of sp³-hybridized carbons (Fsp3) is 0.214. The number of aromatic nitrogens is 1. The average Bonchev–Trinajstić information content (AvgIpc) is 2.72. The highest BCUT2D eigenvalue weighted by atomic mass is 32.2. The van der Waals surface area contributed by atoms with E-state index in [1.807, 2.05) is 30.8 Å². The molecule has 0 unspecified atom stereocenters. The molecule has 7 nitrogen and oxygen atoms in total. The molecule has 3 rings (SSSR count). The SMILES string of the molecule is Cc1cc(COc2cccc3c2C(N)=NS(=O)(=O)N3)n(C)c1. The third-order valence-corrected chi connectivity index (χ3v) is 4.27. The van der Waals surface area contributed by atoms with Crippen LogP contribution in [-0.4, -0.2) is 18.8 Å². The van der Waals surface area contributed by atoms with Gasteiger partial charge in [-0.1, -0.05) is 6.07 Å². The van der Waals surface area contributed by atoms with Gasteiger partial charge in [-0.3, -0.25) is 4.72 Å². The van der Waals surface area contributed by atoms with Crippen LogP contribution in [0.25, 0.3) is 0 Å². The Balaban J connectivity index is 1.92. The average molecular weight is 320 g/mol. The van der Waals surface area contributed by atoms with Gasteiger partial charge < -0.3 is 15.0 Å². The van der Waals surface area contributed by atoms with Gasteiger partial charge >= 0.3 is 10.2 Å². The minimum absolute atomic E-state index is 0.0765. The molecule has 1 aliphatic heterocycles. The van der Waals surface area contributed by atoms with Crippen LogP contribution < -0.4 is 15.2 Å². The van der Waals surface area contributed by atoms with E-state index in [0.717, 1.165) is 11.3 Å². The molecule has 0 amide bonds. The highest BCUT2D eigenvalue weighted by Crippen LogP contribution is 2.30. The van der Waals surface area contributed by atoms with Crippen LogP contribution in [0.2, 0.25) is 0 Å². The number of nitrogens with two attached hydrogens (primary N) is 1. The van der Waals surface area contributed by atoms with Crippen molar-refractivity contribution in [1.82, 2.24) is 4.57 Å². The largest absolute Gasteiger partial charge is 0.487 e. The van der Waals surface area contributed by atoms with Gasteiger partial charge in [0.1, 0.15) is 12.4 Å². The summed E-state index contributed by atoms with van der Waals surface area (Å²) in [5.41, 5.74) is 8.75. The number of ether oxygens (including phenoxy) is 1. The number of aryl methyl sites for hydroxylation is 2. The molecule has 0 fully saturated rings. The molecule has 0 radical (unpaired) electrons. The summed E-state index contributed by atoms with van der Waals surface area (Å²) in [7, 11) is -1.84. The topological polar surface area (TPSA) is 98.7 Å². The Bertz CT molecular complexity index is 868. The summed E-state index contributed by atoms with van der Waals surface area (Å²) in [6.45, 7) is 2.36. The highest BCUT2D eigenvalue weighted by molar-refractivity contribution is 7.91. The molecule has 0 spiro atoms. The van der Waals surface area contributed by atoms with Gasteiger partial charge in [-0.2, -0.15) is 8.42 Å². The van der Waals surface area contributed by atoms with Crippen LogP contribution >= 0.6 is 0 Å². The summed E-state index contributed by atoms with van der Waals surface area (Å²) in [6, 6.07) is 7.08. The fourth-order valence-corrected chi connectivity index (χ4v) is 3.27. The number of nitrogens with one attached hydrogen (secondary N) is 1. The summed E-state index contributed by atoms with van der Waals surface area (Å²) in [6.07, 6.45) is 2.00. The molecule has 0 atom stereocenters. The van der Waals surface area contributed by atoms with Gasteiger partial charge in [-0.05, 0) is 30.7 Å². The molecule has 3 N–H and O–H groups in total. The quantitative estimate of drug-likeness (QED) is 0.890. The minimum atomic E-state index is -3.78. The number of hydrogen-bond acceptors (Lipinski definition) is 4. The van der Waals surface area contributed by atoms with E-state index in [9.17, 15) is 8.42 Å². The smallest absolute Gasteiger partial charge is 0.344 e. The van der Waals surface area contributed by atoms with Crippen LogP contribution in [0.15, 0.2) is 34.9 Å². The van der Waals surface area contributed by atoms with Gasteiger partial charge in [-0.15, -0.1) is 4.40 Å². The Morgan fingerprint density at radius 1 is 1.41 bits per heavy atom. The molecule has 0 aliphatic carbocycles. The monoisotopic (exact) mass is 320 g/mol. The van der Waals surface area contributed by atoms with E-state index < -0.39 is 10.2 Å². The van der Waals surface area contributed by atoms with E-state index in [-0.39, 0.29) is 5.84 Å². The second kappa shape index (κ2) is 5.06. The van der Waals surface area contributed by atoms with Crippen LogP contribution in [0.5, 0.6) is 5.75 Å². The van der Waals surface area contributed by atoms with Gasteiger partial charge in [0.05, 0.1) is 16.9 Å². The lowest BCUT2D eigenvalue weighted by Gasteiger charge is -2.19. The van der Waals surface area contributed by atoms with Gasteiger partial charge in [0.25, 0.3) is 0 Å². The number of fused-ring (bicyclic) bond motifs is 1. The van der Waals surface area contributed by atoms with Crippen LogP contribution in [0, 0.1) is 6.92 Å². The number of amidine groups is 1. The normalized spacial score (nSPS) is 15.6. The zero-order chi connectivity index (χ0) is 15.9. The lowest BCUT2D eigenvalue weighted by atomic mass is 10.1. The van der Waals surface area contributed by atoms with Crippen LogP contribution in [-0.2, 0) is 23.9 Å². The first-order valence-corrected chi connectivity index (χ1v) is 8.06. The maximum Gasteiger partial charge on any atom is 0.344 e. The predicted molar refractivity (Wildman–Crippen MR) is 84.2 cm³/mol. The minimum Gasteiger partial charge on any atom is -0.487 e. The van der Waals surface area contributed by atoms with Crippen molar-refractivity contribution in [2.75, 3.05) is 4.72 Å². The van der Waals surface area contributed by atoms with E-state index in [4.69, 9.17) is 10.5 Å². The molecular weight excluding hydrogens is 304 g/mol. The Hall–Kier alpha value is -2.48. The van der Waals surface area contributed by atoms with E-state index in [1.54, 1.807) is 18.2 Å². The molecule has 116 valence electrons. The first-order valence-electron chi connectivity index (χ1n) is 6.62. The van der Waals surface area contributed by atoms with Crippen molar-refractivity contribution in [3.8, 4) is 5.75 Å². The molecule has 1 aliphatic rings. The number of rotatable bonds is 3. The number of nitrogens with zero attached hydrogens (tertiary/aromatic N) is 2.